The van der Waals surface area contributed by atoms with Gasteiger partial charge in [0.2, 0.25) is 0 Å². The van der Waals surface area contributed by atoms with Crippen LogP contribution in [0.5, 0.6) is 0 Å². The van der Waals surface area contributed by atoms with E-state index in [0.29, 0.717) is 12.1 Å². The summed E-state index contributed by atoms with van der Waals surface area (Å²) in [7, 11) is -3.66. The molecule has 0 radical (unpaired) electrons. The Kier molecular flexibility index (Phi) is 6.22. The Morgan fingerprint density at radius 3 is 2.55 bits per heavy atom. The van der Waals surface area contributed by atoms with Gasteiger partial charge in [-0.2, -0.15) is 8.42 Å². The first-order valence-corrected chi connectivity index (χ1v) is 7.74. The third-order valence-corrected chi connectivity index (χ3v) is 3.82. The number of anilines is 1. The second-order valence-electron chi connectivity index (χ2n) is 4.04. The summed E-state index contributed by atoms with van der Waals surface area (Å²) in [5, 5.41) is 0. The predicted octanol–water partition coefficient (Wildman–Crippen LogP) is 1.41. The molecule has 1 rings (SSSR count). The summed E-state index contributed by atoms with van der Waals surface area (Å²) >= 11 is 0. The number of hydrogen-bond donors (Lipinski definition) is 0. The standard InChI is InChI=1S/C14H17NO4S/c1-3-10-15(13-8-6-5-7-9-13)14(16)12-19-20(17,18)11-4-2/h1,5-9H,4,10-12H2,2H3. The third-order valence-electron chi connectivity index (χ3n) is 2.43. The number of carbonyl (C=O) groups is 1. The zero-order valence-corrected chi connectivity index (χ0v) is 12.1. The predicted molar refractivity (Wildman–Crippen MR) is 77.7 cm³/mol. The van der Waals surface area contributed by atoms with E-state index in [1.807, 2.05) is 6.07 Å². The zero-order valence-electron chi connectivity index (χ0n) is 11.3. The Morgan fingerprint density at radius 2 is 2.00 bits per heavy atom. The molecular formula is C14H17NO4S. The highest BCUT2D eigenvalue weighted by atomic mass is 32.2. The molecule has 1 aromatic rings. The molecule has 0 heterocycles. The van der Waals surface area contributed by atoms with Crippen molar-refractivity contribution in [2.45, 2.75) is 13.3 Å². The molecular weight excluding hydrogens is 278 g/mol. The molecule has 0 bridgehead atoms. The van der Waals surface area contributed by atoms with Gasteiger partial charge >= 0.3 is 0 Å². The lowest BCUT2D eigenvalue weighted by Crippen LogP contribution is -2.35. The Bertz CT molecular complexity index is 575. The van der Waals surface area contributed by atoms with Gasteiger partial charge in [-0.1, -0.05) is 31.0 Å². The molecule has 0 spiro atoms. The van der Waals surface area contributed by atoms with Crippen LogP contribution in [0.3, 0.4) is 0 Å². The van der Waals surface area contributed by atoms with Crippen molar-refractivity contribution in [3.05, 3.63) is 30.3 Å². The van der Waals surface area contributed by atoms with Gasteiger partial charge in [0.05, 0.1) is 12.3 Å². The van der Waals surface area contributed by atoms with Gasteiger partial charge in [-0.15, -0.1) is 6.42 Å². The van der Waals surface area contributed by atoms with E-state index in [0.717, 1.165) is 0 Å². The molecule has 0 aliphatic heterocycles. The molecule has 0 unspecified atom stereocenters. The summed E-state index contributed by atoms with van der Waals surface area (Å²) in [6, 6.07) is 8.78. The summed E-state index contributed by atoms with van der Waals surface area (Å²) in [4.78, 5) is 13.3. The van der Waals surface area contributed by atoms with Gasteiger partial charge in [0.15, 0.2) is 0 Å². The van der Waals surface area contributed by atoms with Crippen LogP contribution in [0.4, 0.5) is 5.69 Å². The Labute approximate surface area is 119 Å². The molecule has 6 heteroatoms. The number of para-hydroxylation sites is 1. The van der Waals surface area contributed by atoms with E-state index in [2.05, 4.69) is 5.92 Å². The molecule has 0 saturated heterocycles. The van der Waals surface area contributed by atoms with Crippen molar-refractivity contribution in [3.8, 4) is 12.3 Å². The van der Waals surface area contributed by atoms with Crippen molar-refractivity contribution in [2.75, 3.05) is 23.8 Å². The van der Waals surface area contributed by atoms with Gasteiger partial charge in [-0.3, -0.25) is 13.9 Å². The van der Waals surface area contributed by atoms with Gasteiger partial charge in [0.1, 0.15) is 6.61 Å². The van der Waals surface area contributed by atoms with E-state index in [9.17, 15) is 13.2 Å². The lowest BCUT2D eigenvalue weighted by Gasteiger charge is -2.20. The number of nitrogens with zero attached hydrogens (tertiary/aromatic N) is 1. The van der Waals surface area contributed by atoms with Gasteiger partial charge < -0.3 is 0 Å². The minimum Gasteiger partial charge on any atom is -0.299 e. The number of benzene rings is 1. The van der Waals surface area contributed by atoms with Gasteiger partial charge in [-0.25, -0.2) is 0 Å². The van der Waals surface area contributed by atoms with Crippen LogP contribution < -0.4 is 4.90 Å². The second kappa shape index (κ2) is 7.68. The second-order valence-corrected chi connectivity index (χ2v) is 5.80. The van der Waals surface area contributed by atoms with Crippen LogP contribution in [0, 0.1) is 12.3 Å². The largest absolute Gasteiger partial charge is 0.299 e. The number of hydrogen-bond acceptors (Lipinski definition) is 4. The van der Waals surface area contributed by atoms with Crippen LogP contribution in [0.15, 0.2) is 30.3 Å². The molecule has 5 nitrogen and oxygen atoms in total. The van der Waals surface area contributed by atoms with Crippen LogP contribution in [0.2, 0.25) is 0 Å². The highest BCUT2D eigenvalue weighted by Gasteiger charge is 2.18. The summed E-state index contributed by atoms with van der Waals surface area (Å²) in [5.74, 6) is 1.77. The summed E-state index contributed by atoms with van der Waals surface area (Å²) in [6.07, 6.45) is 5.67. The minimum atomic E-state index is -3.66. The van der Waals surface area contributed by atoms with Gasteiger partial charge in [0.25, 0.3) is 16.0 Å². The smallest absolute Gasteiger partial charge is 0.267 e. The molecule has 0 aliphatic carbocycles. The Hall–Kier alpha value is -1.84. The topological polar surface area (TPSA) is 63.7 Å². The summed E-state index contributed by atoms with van der Waals surface area (Å²) < 4.78 is 27.5. The molecule has 20 heavy (non-hydrogen) atoms. The highest BCUT2D eigenvalue weighted by Crippen LogP contribution is 2.13. The quantitative estimate of drug-likeness (QED) is 0.563. The van der Waals surface area contributed by atoms with Gasteiger partial charge in [0, 0.05) is 5.69 Å². The molecule has 1 aromatic carbocycles. The normalized spacial score (nSPS) is 10.8. The van der Waals surface area contributed by atoms with E-state index in [1.54, 1.807) is 31.2 Å². The summed E-state index contributed by atoms with van der Waals surface area (Å²) in [6.45, 7) is 1.23. The van der Waals surface area contributed by atoms with E-state index in [1.165, 1.54) is 4.90 Å². The molecule has 1 amide bonds. The van der Waals surface area contributed by atoms with E-state index >= 15 is 0 Å². The molecule has 0 N–H and O–H groups in total. The van der Waals surface area contributed by atoms with E-state index < -0.39 is 22.6 Å². The van der Waals surface area contributed by atoms with Crippen LogP contribution >= 0.6 is 0 Å². The Morgan fingerprint density at radius 1 is 1.35 bits per heavy atom. The Balaban J connectivity index is 2.74. The average molecular weight is 295 g/mol. The molecule has 0 aromatic heterocycles. The fourth-order valence-electron chi connectivity index (χ4n) is 1.55. The monoisotopic (exact) mass is 295 g/mol. The molecule has 108 valence electrons. The number of terminal acetylenes is 1. The van der Waals surface area contributed by atoms with Gasteiger partial charge in [-0.05, 0) is 18.6 Å². The van der Waals surface area contributed by atoms with Crippen LogP contribution in [0.25, 0.3) is 0 Å². The molecule has 0 fully saturated rings. The minimum absolute atomic E-state index is 0.0556. The summed E-state index contributed by atoms with van der Waals surface area (Å²) in [5.41, 5.74) is 0.604. The third kappa shape index (κ3) is 5.03. The first-order valence-electron chi connectivity index (χ1n) is 6.16. The van der Waals surface area contributed by atoms with Crippen molar-refractivity contribution in [1.29, 1.82) is 0 Å². The van der Waals surface area contributed by atoms with Crippen molar-refractivity contribution in [3.63, 3.8) is 0 Å². The van der Waals surface area contributed by atoms with Crippen molar-refractivity contribution in [2.24, 2.45) is 0 Å². The number of amides is 1. The van der Waals surface area contributed by atoms with E-state index in [-0.39, 0.29) is 12.3 Å². The average Bonchev–Trinajstić information content (AvgIpc) is 2.43. The first kappa shape index (κ1) is 16.2. The van der Waals surface area contributed by atoms with Crippen molar-refractivity contribution in [1.82, 2.24) is 0 Å². The van der Waals surface area contributed by atoms with Crippen LogP contribution in [-0.4, -0.2) is 33.2 Å². The first-order chi connectivity index (χ1) is 9.50. The molecule has 0 saturated carbocycles. The van der Waals surface area contributed by atoms with Crippen LogP contribution in [-0.2, 0) is 19.1 Å². The molecule has 0 aliphatic rings. The lowest BCUT2D eigenvalue weighted by molar-refractivity contribution is -0.120. The maximum Gasteiger partial charge on any atom is 0.267 e. The van der Waals surface area contributed by atoms with Crippen LogP contribution in [0.1, 0.15) is 13.3 Å². The number of carbonyl (C=O) groups excluding carboxylic acids is 1. The number of rotatable bonds is 7. The lowest BCUT2D eigenvalue weighted by atomic mass is 10.3. The van der Waals surface area contributed by atoms with Crippen molar-refractivity contribution < 1.29 is 17.4 Å². The molecule has 0 atom stereocenters. The zero-order chi connectivity index (χ0) is 15.0. The maximum absolute atomic E-state index is 12.0. The van der Waals surface area contributed by atoms with Crippen molar-refractivity contribution >= 4 is 21.7 Å². The SMILES string of the molecule is C#CCN(C(=O)COS(=O)(=O)CCC)c1ccccc1. The fraction of sp³-hybridized carbons (Fsp3) is 0.357. The fourth-order valence-corrected chi connectivity index (χ4v) is 2.45. The highest BCUT2D eigenvalue weighted by molar-refractivity contribution is 7.86. The van der Waals surface area contributed by atoms with E-state index in [4.69, 9.17) is 10.6 Å². The maximum atomic E-state index is 12.0.